The van der Waals surface area contributed by atoms with Crippen LogP contribution >= 0.6 is 0 Å². The van der Waals surface area contributed by atoms with E-state index in [-0.39, 0.29) is 23.5 Å². The van der Waals surface area contributed by atoms with Gasteiger partial charge in [0.05, 0.1) is 30.8 Å². The number of fused-ring (bicyclic) bond motifs is 1. The molecule has 0 bridgehead atoms. The predicted molar refractivity (Wildman–Crippen MR) is 189 cm³/mol. The van der Waals surface area contributed by atoms with Crippen LogP contribution in [0, 0.1) is 0 Å². The van der Waals surface area contributed by atoms with E-state index in [1.165, 1.54) is 23.0 Å². The molecule has 2 aromatic carbocycles. The maximum Gasteiger partial charge on any atom is 0.274 e. The molecule has 0 atom stereocenters. The third kappa shape index (κ3) is 6.23. The molecule has 10 heteroatoms. The van der Waals surface area contributed by atoms with Gasteiger partial charge in [-0.3, -0.25) is 14.5 Å². The van der Waals surface area contributed by atoms with Gasteiger partial charge < -0.3 is 29.5 Å². The van der Waals surface area contributed by atoms with Gasteiger partial charge in [-0.2, -0.15) is 0 Å². The fourth-order valence-corrected chi connectivity index (χ4v) is 7.02. The lowest BCUT2D eigenvalue weighted by atomic mass is 9.90. The van der Waals surface area contributed by atoms with Crippen LogP contribution < -0.4 is 20.7 Å². The third-order valence-electron chi connectivity index (χ3n) is 10.3. The second-order valence-corrected chi connectivity index (χ2v) is 13.5. The Morgan fingerprint density at radius 1 is 0.979 bits per heavy atom. The summed E-state index contributed by atoms with van der Waals surface area (Å²) < 4.78 is 6.74. The van der Waals surface area contributed by atoms with E-state index in [0.717, 1.165) is 73.7 Å². The maximum absolute atomic E-state index is 13.8. The first-order chi connectivity index (χ1) is 23.3. The van der Waals surface area contributed by atoms with E-state index in [2.05, 4.69) is 39.2 Å². The van der Waals surface area contributed by atoms with Gasteiger partial charge in [0.1, 0.15) is 11.5 Å². The monoisotopic (exact) mass is 648 g/mol. The first kappa shape index (κ1) is 32.1. The summed E-state index contributed by atoms with van der Waals surface area (Å²) in [5.74, 6) is 0.514. The van der Waals surface area contributed by atoms with Gasteiger partial charge in [0.15, 0.2) is 0 Å². The van der Waals surface area contributed by atoms with Crippen LogP contribution in [0.15, 0.2) is 71.8 Å². The molecule has 1 saturated heterocycles. The number of anilines is 4. The summed E-state index contributed by atoms with van der Waals surface area (Å²) in [6.07, 6.45) is 6.75. The fourth-order valence-electron chi connectivity index (χ4n) is 7.02. The molecule has 48 heavy (non-hydrogen) atoms. The molecule has 0 radical (unpaired) electrons. The number of aromatic nitrogens is 2. The number of pyridine rings is 2. The Morgan fingerprint density at radius 2 is 1.79 bits per heavy atom. The highest BCUT2D eigenvalue weighted by Crippen LogP contribution is 2.48. The largest absolute Gasteiger partial charge is 0.392 e. The van der Waals surface area contributed by atoms with Gasteiger partial charge >= 0.3 is 0 Å². The number of amides is 1. The molecule has 250 valence electrons. The Labute approximate surface area is 281 Å². The number of nitrogens with one attached hydrogen (secondary N) is 1. The molecule has 1 saturated carbocycles. The summed E-state index contributed by atoms with van der Waals surface area (Å²) in [7, 11) is 3.44. The van der Waals surface area contributed by atoms with Gasteiger partial charge in [-0.05, 0) is 71.7 Å². The molecule has 4 aromatic rings. The van der Waals surface area contributed by atoms with Crippen LogP contribution in [-0.4, -0.2) is 78.4 Å². The Bertz CT molecular complexity index is 1880. The zero-order valence-corrected chi connectivity index (χ0v) is 28.0. The van der Waals surface area contributed by atoms with Crippen LogP contribution in [0.5, 0.6) is 0 Å². The van der Waals surface area contributed by atoms with Crippen molar-refractivity contribution in [3.8, 4) is 11.1 Å². The highest BCUT2D eigenvalue weighted by atomic mass is 16.5. The van der Waals surface area contributed by atoms with Crippen LogP contribution in [0.2, 0.25) is 0 Å². The van der Waals surface area contributed by atoms with Crippen molar-refractivity contribution in [1.29, 1.82) is 0 Å². The van der Waals surface area contributed by atoms with Gasteiger partial charge in [0.25, 0.3) is 11.5 Å². The van der Waals surface area contributed by atoms with Crippen molar-refractivity contribution in [1.82, 2.24) is 14.5 Å². The van der Waals surface area contributed by atoms with Crippen molar-refractivity contribution in [3.05, 3.63) is 99.6 Å². The van der Waals surface area contributed by atoms with Gasteiger partial charge in [0, 0.05) is 76.3 Å². The van der Waals surface area contributed by atoms with Crippen molar-refractivity contribution in [2.24, 2.45) is 7.05 Å². The quantitative estimate of drug-likeness (QED) is 0.255. The van der Waals surface area contributed by atoms with E-state index in [1.807, 2.05) is 42.6 Å². The standard InChI is InChI=1S/C38H44N6O4/c1-38(12-13-38)28-7-9-31-26(21-28)11-14-44(36(31)46)34-6-4-5-30(32(34)25-45)27-22-33(37(47)41(2)24-27)40-35-10-8-29(23-39-35)43-17-15-42(16-18-43)19-20-48-3/h4-10,21-24,45H,11-20,25H2,1-3H3,(H,39,40). The molecule has 2 aromatic heterocycles. The zero-order chi connectivity index (χ0) is 33.4. The molecule has 2 aliphatic heterocycles. The predicted octanol–water partition coefficient (Wildman–Crippen LogP) is 4.71. The van der Waals surface area contributed by atoms with Crippen molar-refractivity contribution in [2.45, 2.75) is 38.2 Å². The van der Waals surface area contributed by atoms with E-state index < -0.39 is 0 Å². The minimum Gasteiger partial charge on any atom is -0.392 e. The van der Waals surface area contributed by atoms with E-state index in [0.29, 0.717) is 29.3 Å². The van der Waals surface area contributed by atoms with Crippen LogP contribution in [0.1, 0.15) is 46.8 Å². The molecule has 1 amide bonds. The van der Waals surface area contributed by atoms with Crippen molar-refractivity contribution >= 4 is 28.8 Å². The average Bonchev–Trinajstić information content (AvgIpc) is 3.87. The smallest absolute Gasteiger partial charge is 0.274 e. The molecule has 1 aliphatic carbocycles. The number of piperazine rings is 1. The first-order valence-corrected chi connectivity index (χ1v) is 16.9. The number of rotatable bonds is 10. The molecule has 0 unspecified atom stereocenters. The number of aryl methyl sites for hydroxylation is 1. The molecular formula is C38H44N6O4. The van der Waals surface area contributed by atoms with Crippen molar-refractivity contribution in [3.63, 3.8) is 0 Å². The number of hydrogen-bond donors (Lipinski definition) is 2. The molecule has 2 N–H and O–H groups in total. The first-order valence-electron chi connectivity index (χ1n) is 16.9. The number of aliphatic hydroxyl groups excluding tert-OH is 1. The number of ether oxygens (including phenoxy) is 1. The van der Waals surface area contributed by atoms with E-state index >= 15 is 0 Å². The number of carbonyl (C=O) groups excluding carboxylic acids is 1. The summed E-state index contributed by atoms with van der Waals surface area (Å²) >= 11 is 0. The second-order valence-electron chi connectivity index (χ2n) is 13.5. The van der Waals surface area contributed by atoms with Gasteiger partial charge in [-0.25, -0.2) is 4.98 Å². The van der Waals surface area contributed by atoms with Crippen LogP contribution in [0.3, 0.4) is 0 Å². The lowest BCUT2D eigenvalue weighted by Gasteiger charge is -2.35. The minimum absolute atomic E-state index is 0.0547. The Balaban J connectivity index is 1.11. The highest BCUT2D eigenvalue weighted by molar-refractivity contribution is 6.09. The second kappa shape index (κ2) is 13.2. The van der Waals surface area contributed by atoms with E-state index in [1.54, 1.807) is 31.3 Å². The number of aliphatic hydroxyl groups is 1. The lowest BCUT2D eigenvalue weighted by molar-refractivity contribution is 0.0980. The molecular weight excluding hydrogens is 604 g/mol. The minimum atomic E-state index is -0.255. The van der Waals surface area contributed by atoms with Crippen molar-refractivity contribution < 1.29 is 14.6 Å². The van der Waals surface area contributed by atoms with Crippen LogP contribution in [0.4, 0.5) is 22.9 Å². The Morgan fingerprint density at radius 3 is 2.50 bits per heavy atom. The third-order valence-corrected chi connectivity index (χ3v) is 10.3. The number of carbonyl (C=O) groups is 1. The fraction of sp³-hybridized carbons (Fsp3) is 0.395. The van der Waals surface area contributed by atoms with Crippen molar-refractivity contribution in [2.75, 3.05) is 68.1 Å². The number of nitrogens with zero attached hydrogens (tertiary/aromatic N) is 5. The summed E-state index contributed by atoms with van der Waals surface area (Å²) in [4.78, 5) is 38.2. The molecule has 0 spiro atoms. The number of benzene rings is 2. The normalized spacial score (nSPS) is 17.4. The number of methoxy groups -OCH3 is 1. The molecule has 3 aliphatic rings. The average molecular weight is 649 g/mol. The molecule has 10 nitrogen and oxygen atoms in total. The summed E-state index contributed by atoms with van der Waals surface area (Å²) in [6, 6.07) is 17.7. The number of hydrogen-bond acceptors (Lipinski definition) is 8. The Kier molecular flexibility index (Phi) is 8.80. The van der Waals surface area contributed by atoms with Crippen LogP contribution in [-0.2, 0) is 30.2 Å². The van der Waals surface area contributed by atoms with Gasteiger partial charge in [0.2, 0.25) is 0 Å². The van der Waals surface area contributed by atoms with Gasteiger partial charge in [-0.1, -0.05) is 31.2 Å². The lowest BCUT2D eigenvalue weighted by Crippen LogP contribution is -2.47. The van der Waals surface area contributed by atoms with E-state index in [9.17, 15) is 14.7 Å². The van der Waals surface area contributed by atoms with Gasteiger partial charge in [-0.15, -0.1) is 0 Å². The van der Waals surface area contributed by atoms with E-state index in [4.69, 9.17) is 4.74 Å². The Hall–Kier alpha value is -4.51. The zero-order valence-electron chi connectivity index (χ0n) is 28.0. The maximum atomic E-state index is 13.8. The summed E-state index contributed by atoms with van der Waals surface area (Å²) in [5, 5.41) is 13.9. The SMILES string of the molecule is COCCN1CCN(c2ccc(Nc3cc(-c4cccc(N5CCc6cc(C7(C)CC7)ccc6C5=O)c4CO)cn(C)c3=O)nc2)CC1. The molecule has 7 rings (SSSR count). The highest BCUT2D eigenvalue weighted by Gasteiger charge is 2.40. The molecule has 4 heterocycles. The van der Waals surface area contributed by atoms with Crippen LogP contribution in [0.25, 0.3) is 11.1 Å². The summed E-state index contributed by atoms with van der Waals surface area (Å²) in [6.45, 7) is 8.03. The topological polar surface area (TPSA) is 103 Å². The summed E-state index contributed by atoms with van der Waals surface area (Å²) in [5.41, 5.74) is 7.45. The molecule has 2 fully saturated rings.